The predicted octanol–water partition coefficient (Wildman–Crippen LogP) is 5.63. The molecule has 2 N–H and O–H groups in total. The summed E-state index contributed by atoms with van der Waals surface area (Å²) in [4.78, 5) is 17.7. The molecule has 9 nitrogen and oxygen atoms in total. The summed E-state index contributed by atoms with van der Waals surface area (Å²) in [5.74, 6) is 1.52. The van der Waals surface area contributed by atoms with Crippen LogP contribution < -0.4 is 14.2 Å². The third kappa shape index (κ3) is 8.02. The van der Waals surface area contributed by atoms with Crippen molar-refractivity contribution in [3.05, 3.63) is 114 Å². The molecule has 5 rings (SSSR count). The minimum absolute atomic E-state index is 0.0588. The number of anilines is 1. The first-order valence-electron chi connectivity index (χ1n) is 14.9. The zero-order valence-electron chi connectivity index (χ0n) is 25.7. The molecule has 0 aromatic heterocycles. The van der Waals surface area contributed by atoms with Gasteiger partial charge < -0.3 is 19.5 Å². The maximum atomic E-state index is 13.8. The summed E-state index contributed by atoms with van der Waals surface area (Å²) in [5.41, 5.74) is 1.59. The van der Waals surface area contributed by atoms with E-state index >= 15 is 0 Å². The highest BCUT2D eigenvalue weighted by Crippen LogP contribution is 2.32. The molecule has 3 atom stereocenters. The van der Waals surface area contributed by atoms with Gasteiger partial charge in [0.1, 0.15) is 23.4 Å². The Hall–Kier alpha value is -4.38. The van der Waals surface area contributed by atoms with Crippen molar-refractivity contribution in [2.24, 2.45) is 5.92 Å². The van der Waals surface area contributed by atoms with E-state index in [0.717, 1.165) is 17.1 Å². The Morgan fingerprint density at radius 1 is 0.978 bits per heavy atom. The molecule has 0 radical (unpaired) electrons. The van der Waals surface area contributed by atoms with E-state index in [1.54, 1.807) is 42.2 Å². The monoisotopic (exact) mass is 629 g/mol. The fourth-order valence-corrected chi connectivity index (χ4v) is 6.36. The summed E-state index contributed by atoms with van der Waals surface area (Å²) in [5, 5.41) is 9.98. The second-order valence-electron chi connectivity index (χ2n) is 11.5. The number of rotatable bonds is 11. The van der Waals surface area contributed by atoms with Crippen LogP contribution in [0.3, 0.4) is 0 Å². The van der Waals surface area contributed by atoms with Crippen LogP contribution in [0.2, 0.25) is 0 Å². The van der Waals surface area contributed by atoms with Crippen LogP contribution in [0.1, 0.15) is 29.8 Å². The van der Waals surface area contributed by atoms with Gasteiger partial charge in [0.25, 0.3) is 15.9 Å². The second-order valence-corrected chi connectivity index (χ2v) is 13.2. The molecular weight excluding hydrogens is 590 g/mol. The number of carbonyl (C=O) groups excluding carboxylic acids is 1. The van der Waals surface area contributed by atoms with Crippen LogP contribution in [0, 0.1) is 5.92 Å². The molecule has 45 heavy (non-hydrogen) atoms. The van der Waals surface area contributed by atoms with Crippen molar-refractivity contribution in [2.45, 2.75) is 37.4 Å². The van der Waals surface area contributed by atoms with Crippen molar-refractivity contribution in [3.63, 3.8) is 0 Å². The summed E-state index contributed by atoms with van der Waals surface area (Å²) < 4.78 is 40.9. The minimum Gasteiger partial charge on any atom is -0.488 e. The number of fused-ring (bicyclic) bond motifs is 1. The highest BCUT2D eigenvalue weighted by molar-refractivity contribution is 7.92. The third-order valence-corrected chi connectivity index (χ3v) is 9.21. The van der Waals surface area contributed by atoms with E-state index in [4.69, 9.17) is 9.47 Å². The molecule has 1 heterocycles. The summed E-state index contributed by atoms with van der Waals surface area (Å²) in [6.45, 7) is 5.22. The lowest BCUT2D eigenvalue weighted by Gasteiger charge is -2.38. The Kier molecular flexibility index (Phi) is 10.1. The van der Waals surface area contributed by atoms with Gasteiger partial charge in [-0.05, 0) is 74.1 Å². The van der Waals surface area contributed by atoms with E-state index in [9.17, 15) is 18.3 Å². The molecule has 0 bridgehead atoms. The average Bonchev–Trinajstić information content (AvgIpc) is 3.04. The van der Waals surface area contributed by atoms with Gasteiger partial charge in [0, 0.05) is 31.2 Å². The molecule has 10 heteroatoms. The van der Waals surface area contributed by atoms with Crippen molar-refractivity contribution in [2.75, 3.05) is 31.5 Å². The molecule has 236 valence electrons. The molecule has 1 aliphatic rings. The van der Waals surface area contributed by atoms with E-state index in [-0.39, 0.29) is 40.7 Å². The van der Waals surface area contributed by atoms with Crippen molar-refractivity contribution >= 4 is 21.6 Å². The fourth-order valence-electron chi connectivity index (χ4n) is 5.29. The van der Waals surface area contributed by atoms with E-state index in [0.29, 0.717) is 25.4 Å². The molecule has 0 aliphatic carbocycles. The fraction of sp³-hybridized carbons (Fsp3) is 0.286. The summed E-state index contributed by atoms with van der Waals surface area (Å²) >= 11 is 0. The van der Waals surface area contributed by atoms with Gasteiger partial charge in [-0.15, -0.1) is 0 Å². The Morgan fingerprint density at radius 3 is 2.29 bits per heavy atom. The van der Waals surface area contributed by atoms with Gasteiger partial charge in [-0.25, -0.2) is 8.42 Å². The normalized spacial score (nSPS) is 17.5. The van der Waals surface area contributed by atoms with E-state index in [1.165, 1.54) is 18.2 Å². The van der Waals surface area contributed by atoms with Gasteiger partial charge in [-0.3, -0.25) is 14.4 Å². The molecule has 4 aromatic carbocycles. The number of aliphatic hydroxyl groups is 1. The number of sulfonamides is 1. The van der Waals surface area contributed by atoms with E-state index in [2.05, 4.69) is 9.62 Å². The number of ether oxygens (including phenoxy) is 2. The van der Waals surface area contributed by atoms with Crippen LogP contribution in [0.25, 0.3) is 0 Å². The maximum absolute atomic E-state index is 13.8. The predicted molar refractivity (Wildman–Crippen MR) is 174 cm³/mol. The number of nitrogens with one attached hydrogen (secondary N) is 1. The molecule has 0 fully saturated rings. The smallest absolute Gasteiger partial charge is 0.261 e. The zero-order chi connectivity index (χ0) is 32.0. The van der Waals surface area contributed by atoms with Crippen LogP contribution in [0.4, 0.5) is 5.69 Å². The molecule has 0 spiro atoms. The summed E-state index contributed by atoms with van der Waals surface area (Å²) in [6.07, 6.45) is -0.289. The number of carbonyl (C=O) groups is 1. The molecule has 0 unspecified atom stereocenters. The van der Waals surface area contributed by atoms with Crippen LogP contribution in [0.5, 0.6) is 17.2 Å². The van der Waals surface area contributed by atoms with Crippen molar-refractivity contribution in [1.82, 2.24) is 9.80 Å². The Balaban J connectivity index is 1.33. The van der Waals surface area contributed by atoms with E-state index in [1.807, 2.05) is 68.6 Å². The first kappa shape index (κ1) is 32.0. The number of amides is 1. The van der Waals surface area contributed by atoms with Crippen LogP contribution >= 0.6 is 0 Å². The molecule has 0 saturated heterocycles. The standard InChI is InChI=1S/C35H39N3O6S/c1-25-21-38(26(2)24-39)35(40)32-20-28(36-45(41,42)31-12-8-5-9-13-31)16-19-33(32)44-34(25)23-37(3)22-27-14-17-30(18-15-27)43-29-10-6-4-7-11-29/h4-20,25-26,34,36,39H,21-24H2,1-3H3/t25-,26+,34-/m1/s1. The first-order valence-corrected chi connectivity index (χ1v) is 16.4. The van der Waals surface area contributed by atoms with Gasteiger partial charge >= 0.3 is 0 Å². The lowest BCUT2D eigenvalue weighted by molar-refractivity contribution is 0.0341. The van der Waals surface area contributed by atoms with Gasteiger partial charge in [0.2, 0.25) is 0 Å². The number of para-hydroxylation sites is 1. The topological polar surface area (TPSA) is 108 Å². The highest BCUT2D eigenvalue weighted by atomic mass is 32.2. The molecule has 1 aliphatic heterocycles. The quantitative estimate of drug-likeness (QED) is 0.221. The van der Waals surface area contributed by atoms with Crippen LogP contribution in [0.15, 0.2) is 108 Å². The molecule has 4 aromatic rings. The number of hydrogen-bond donors (Lipinski definition) is 2. The average molecular weight is 630 g/mol. The number of nitrogens with zero attached hydrogens (tertiary/aromatic N) is 2. The minimum atomic E-state index is -3.86. The van der Waals surface area contributed by atoms with Crippen LogP contribution in [-0.4, -0.2) is 68.1 Å². The van der Waals surface area contributed by atoms with Gasteiger partial charge in [0.05, 0.1) is 23.1 Å². The van der Waals surface area contributed by atoms with Gasteiger partial charge in [-0.1, -0.05) is 55.5 Å². The lowest BCUT2D eigenvalue weighted by Crippen LogP contribution is -2.49. The first-order chi connectivity index (χ1) is 21.6. The third-order valence-electron chi connectivity index (χ3n) is 7.82. The molecular formula is C35H39N3O6S. The Morgan fingerprint density at radius 2 is 1.62 bits per heavy atom. The molecule has 1 amide bonds. The number of hydrogen-bond acceptors (Lipinski definition) is 7. The SMILES string of the molecule is C[C@@H]1CN([C@@H](C)CO)C(=O)c2cc(NS(=O)(=O)c3ccccc3)ccc2O[C@@H]1CN(C)Cc1ccc(Oc2ccccc2)cc1. The summed E-state index contributed by atoms with van der Waals surface area (Å²) in [6, 6.07) is 29.9. The van der Waals surface area contributed by atoms with Crippen molar-refractivity contribution in [1.29, 1.82) is 0 Å². The van der Waals surface area contributed by atoms with Gasteiger partial charge in [-0.2, -0.15) is 0 Å². The molecule has 0 saturated carbocycles. The Bertz CT molecular complexity index is 1680. The second kappa shape index (κ2) is 14.2. The lowest BCUT2D eigenvalue weighted by atomic mass is 9.99. The largest absolute Gasteiger partial charge is 0.488 e. The summed E-state index contributed by atoms with van der Waals surface area (Å²) in [7, 11) is -1.84. The van der Waals surface area contributed by atoms with Gasteiger partial charge in [0.15, 0.2) is 0 Å². The van der Waals surface area contributed by atoms with Crippen molar-refractivity contribution < 1.29 is 27.8 Å². The number of benzene rings is 4. The number of aliphatic hydroxyl groups excluding tert-OH is 1. The maximum Gasteiger partial charge on any atom is 0.261 e. The van der Waals surface area contributed by atoms with Crippen molar-refractivity contribution in [3.8, 4) is 17.2 Å². The van der Waals surface area contributed by atoms with E-state index < -0.39 is 16.1 Å². The highest BCUT2D eigenvalue weighted by Gasteiger charge is 2.33. The zero-order valence-corrected chi connectivity index (χ0v) is 26.5. The number of likely N-dealkylation sites (N-methyl/N-ethyl adjacent to an activating group) is 1. The van der Waals surface area contributed by atoms with Crippen LogP contribution in [-0.2, 0) is 16.6 Å². The Labute approximate surface area is 265 Å².